The molecule has 0 radical (unpaired) electrons. The van der Waals surface area contributed by atoms with Crippen LogP contribution in [0.5, 0.6) is 0 Å². The van der Waals surface area contributed by atoms with Crippen LogP contribution in [0.4, 0.5) is 5.69 Å². The van der Waals surface area contributed by atoms with Crippen molar-refractivity contribution >= 4 is 28.7 Å². The van der Waals surface area contributed by atoms with Gasteiger partial charge in [0.25, 0.3) is 0 Å². The first-order valence-electron chi connectivity index (χ1n) is 6.36. The molecule has 2 rings (SSSR count). The highest BCUT2D eigenvalue weighted by Crippen LogP contribution is 2.29. The van der Waals surface area contributed by atoms with E-state index in [-0.39, 0.29) is 11.7 Å². The maximum atomic E-state index is 12.6. The smallest absolute Gasteiger partial charge is 0.221 e. The predicted molar refractivity (Wildman–Crippen MR) is 82.7 cm³/mol. The van der Waals surface area contributed by atoms with Gasteiger partial charge in [0.2, 0.25) is 5.91 Å². The number of hydrogen-bond acceptors (Lipinski definition) is 4. The number of anilines is 1. The number of nitrogens with zero attached hydrogens (tertiary/aromatic N) is 1. The van der Waals surface area contributed by atoms with Crippen LogP contribution in [0, 0.1) is 25.2 Å². The topological polar surface area (TPSA) is 70.0 Å². The lowest BCUT2D eigenvalue weighted by molar-refractivity contribution is -0.114. The Bertz CT molecular complexity index is 752. The Morgan fingerprint density at radius 3 is 2.33 bits per heavy atom. The minimum atomic E-state index is -0.164. The van der Waals surface area contributed by atoms with E-state index in [1.165, 1.54) is 18.3 Å². The summed E-state index contributed by atoms with van der Waals surface area (Å²) in [5, 5.41) is 11.8. The maximum absolute atomic E-state index is 12.6. The third-order valence-electron chi connectivity index (χ3n) is 3.18. The van der Waals surface area contributed by atoms with Gasteiger partial charge in [0, 0.05) is 23.1 Å². The second kappa shape index (κ2) is 5.90. The van der Waals surface area contributed by atoms with Gasteiger partial charge in [0.15, 0.2) is 5.78 Å². The number of amides is 1. The lowest BCUT2D eigenvalue weighted by Gasteiger charge is -2.05. The molecule has 0 aliphatic rings. The number of carbonyl (C=O) groups excluding carboxylic acids is 2. The number of thiophene rings is 1. The van der Waals surface area contributed by atoms with E-state index in [2.05, 4.69) is 11.4 Å². The summed E-state index contributed by atoms with van der Waals surface area (Å²) in [4.78, 5) is 25.0. The number of ketones is 1. The highest BCUT2D eigenvalue weighted by Gasteiger charge is 2.20. The molecule has 106 valence electrons. The normalized spacial score (nSPS) is 10.0. The molecule has 0 aliphatic carbocycles. The number of hydrogen-bond donors (Lipinski definition) is 1. The van der Waals surface area contributed by atoms with Crippen LogP contribution in [0.3, 0.4) is 0 Å². The molecule has 1 aromatic heterocycles. The summed E-state index contributed by atoms with van der Waals surface area (Å²) in [6, 6.07) is 8.75. The van der Waals surface area contributed by atoms with Gasteiger partial charge in [-0.3, -0.25) is 9.59 Å². The molecule has 1 amide bonds. The SMILES string of the molecule is CC(=O)Nc1ccc(C(=O)c2c(C#N)sc(C)c2C)cc1. The molecule has 0 bridgehead atoms. The predicted octanol–water partition coefficient (Wildman–Crippen LogP) is 3.43. The van der Waals surface area contributed by atoms with Gasteiger partial charge in [-0.2, -0.15) is 5.26 Å². The number of nitriles is 1. The molecule has 2 aromatic rings. The van der Waals surface area contributed by atoms with Crippen molar-refractivity contribution in [2.24, 2.45) is 0 Å². The van der Waals surface area contributed by atoms with Gasteiger partial charge in [-0.1, -0.05) is 0 Å². The zero-order valence-corrected chi connectivity index (χ0v) is 12.8. The van der Waals surface area contributed by atoms with E-state index in [0.717, 1.165) is 10.4 Å². The van der Waals surface area contributed by atoms with Crippen molar-refractivity contribution in [3.63, 3.8) is 0 Å². The number of nitrogens with one attached hydrogen (secondary N) is 1. The standard InChI is InChI=1S/C16H14N2O2S/c1-9-10(2)21-14(8-17)15(9)16(20)12-4-6-13(7-5-12)18-11(3)19/h4-7H,1-3H3,(H,18,19). The Balaban J connectivity index is 2.37. The monoisotopic (exact) mass is 298 g/mol. The van der Waals surface area contributed by atoms with Gasteiger partial charge in [-0.25, -0.2) is 0 Å². The molecular weight excluding hydrogens is 284 g/mol. The van der Waals surface area contributed by atoms with E-state index in [1.54, 1.807) is 24.3 Å². The number of rotatable bonds is 3. The molecule has 1 N–H and O–H groups in total. The lowest BCUT2D eigenvalue weighted by Crippen LogP contribution is -2.07. The molecule has 5 heteroatoms. The average molecular weight is 298 g/mol. The Morgan fingerprint density at radius 1 is 1.19 bits per heavy atom. The summed E-state index contributed by atoms with van der Waals surface area (Å²) < 4.78 is 0. The quantitative estimate of drug-likeness (QED) is 0.883. The fourth-order valence-corrected chi connectivity index (χ4v) is 2.99. The third-order valence-corrected chi connectivity index (χ3v) is 4.29. The zero-order valence-electron chi connectivity index (χ0n) is 12.0. The van der Waals surface area contributed by atoms with E-state index in [1.807, 2.05) is 13.8 Å². The molecular formula is C16H14N2O2S. The van der Waals surface area contributed by atoms with Crippen molar-refractivity contribution in [3.05, 3.63) is 50.7 Å². The van der Waals surface area contributed by atoms with Crippen LogP contribution in [-0.2, 0) is 4.79 Å². The van der Waals surface area contributed by atoms with Crippen molar-refractivity contribution in [2.45, 2.75) is 20.8 Å². The first-order valence-corrected chi connectivity index (χ1v) is 7.18. The maximum Gasteiger partial charge on any atom is 0.221 e. The summed E-state index contributed by atoms with van der Waals surface area (Å²) >= 11 is 1.34. The van der Waals surface area contributed by atoms with E-state index in [9.17, 15) is 9.59 Å². The van der Waals surface area contributed by atoms with E-state index in [4.69, 9.17) is 5.26 Å². The minimum Gasteiger partial charge on any atom is -0.326 e. The third kappa shape index (κ3) is 3.01. The number of carbonyl (C=O) groups is 2. The summed E-state index contributed by atoms with van der Waals surface area (Å²) in [6.45, 7) is 5.18. The van der Waals surface area contributed by atoms with Gasteiger partial charge in [-0.05, 0) is 43.7 Å². The zero-order chi connectivity index (χ0) is 15.6. The molecule has 1 aromatic carbocycles. The highest BCUT2D eigenvalue weighted by atomic mass is 32.1. The van der Waals surface area contributed by atoms with Gasteiger partial charge in [0.05, 0.1) is 5.56 Å². The summed E-state index contributed by atoms with van der Waals surface area (Å²) in [5.41, 5.74) is 2.47. The largest absolute Gasteiger partial charge is 0.326 e. The van der Waals surface area contributed by atoms with Crippen LogP contribution in [0.2, 0.25) is 0 Å². The minimum absolute atomic E-state index is 0.162. The van der Waals surface area contributed by atoms with E-state index >= 15 is 0 Å². The Morgan fingerprint density at radius 2 is 1.81 bits per heavy atom. The second-order valence-electron chi connectivity index (χ2n) is 4.69. The van der Waals surface area contributed by atoms with Crippen molar-refractivity contribution in [3.8, 4) is 6.07 Å². The summed E-state index contributed by atoms with van der Waals surface area (Å²) in [5.74, 6) is -0.326. The first-order chi connectivity index (χ1) is 9.93. The molecule has 0 unspecified atom stereocenters. The van der Waals surface area contributed by atoms with Crippen LogP contribution < -0.4 is 5.32 Å². The molecule has 0 atom stereocenters. The van der Waals surface area contributed by atoms with Crippen LogP contribution in [0.1, 0.15) is 38.2 Å². The molecule has 4 nitrogen and oxygen atoms in total. The Labute approximate surface area is 127 Å². The average Bonchev–Trinajstić information content (AvgIpc) is 2.73. The van der Waals surface area contributed by atoms with Crippen molar-refractivity contribution in [1.82, 2.24) is 0 Å². The Hall–Kier alpha value is -2.45. The van der Waals surface area contributed by atoms with Crippen LogP contribution >= 0.6 is 11.3 Å². The van der Waals surface area contributed by atoms with Gasteiger partial charge in [0.1, 0.15) is 10.9 Å². The molecule has 0 saturated carbocycles. The molecule has 0 aliphatic heterocycles. The Kier molecular flexibility index (Phi) is 4.20. The second-order valence-corrected chi connectivity index (χ2v) is 5.91. The first kappa shape index (κ1) is 14.9. The van der Waals surface area contributed by atoms with E-state index < -0.39 is 0 Å². The van der Waals surface area contributed by atoms with Crippen LogP contribution in [-0.4, -0.2) is 11.7 Å². The van der Waals surface area contributed by atoms with Gasteiger partial charge in [-0.15, -0.1) is 11.3 Å². The van der Waals surface area contributed by atoms with Crippen molar-refractivity contribution in [1.29, 1.82) is 5.26 Å². The van der Waals surface area contributed by atoms with Crippen molar-refractivity contribution in [2.75, 3.05) is 5.32 Å². The van der Waals surface area contributed by atoms with Gasteiger partial charge >= 0.3 is 0 Å². The summed E-state index contributed by atoms with van der Waals surface area (Å²) in [7, 11) is 0. The number of benzene rings is 1. The lowest BCUT2D eigenvalue weighted by atomic mass is 9.99. The molecule has 1 heterocycles. The van der Waals surface area contributed by atoms with Crippen LogP contribution in [0.15, 0.2) is 24.3 Å². The molecule has 0 fully saturated rings. The fourth-order valence-electron chi connectivity index (χ4n) is 2.03. The molecule has 0 saturated heterocycles. The molecule has 21 heavy (non-hydrogen) atoms. The fraction of sp³-hybridized carbons (Fsp3) is 0.188. The summed E-state index contributed by atoms with van der Waals surface area (Å²) in [6.07, 6.45) is 0. The van der Waals surface area contributed by atoms with Crippen molar-refractivity contribution < 1.29 is 9.59 Å². The number of aryl methyl sites for hydroxylation is 1. The van der Waals surface area contributed by atoms with Crippen LogP contribution in [0.25, 0.3) is 0 Å². The van der Waals surface area contributed by atoms with Gasteiger partial charge < -0.3 is 5.32 Å². The highest BCUT2D eigenvalue weighted by molar-refractivity contribution is 7.13. The van der Waals surface area contributed by atoms with E-state index in [0.29, 0.717) is 21.7 Å². The molecule has 0 spiro atoms.